The summed E-state index contributed by atoms with van der Waals surface area (Å²) >= 11 is 0. The van der Waals surface area contributed by atoms with E-state index in [9.17, 15) is 0 Å². The van der Waals surface area contributed by atoms with Crippen LogP contribution in [0.3, 0.4) is 0 Å². The van der Waals surface area contributed by atoms with Crippen molar-refractivity contribution in [1.82, 2.24) is 14.3 Å². The zero-order valence-electron chi connectivity index (χ0n) is 14.7. The van der Waals surface area contributed by atoms with Gasteiger partial charge in [0.15, 0.2) is 0 Å². The summed E-state index contributed by atoms with van der Waals surface area (Å²) in [6, 6.07) is 14.2. The third kappa shape index (κ3) is 3.25. The number of fused-ring (bicyclic) bond motifs is 1. The molecule has 0 aliphatic carbocycles. The number of aromatic nitrogens is 2. The Bertz CT molecular complexity index is 864. The van der Waals surface area contributed by atoms with Crippen LogP contribution in [0.1, 0.15) is 19.5 Å². The minimum absolute atomic E-state index is 0.244. The molecule has 5 heteroatoms. The van der Waals surface area contributed by atoms with E-state index in [4.69, 9.17) is 15.5 Å². The zero-order chi connectivity index (χ0) is 17.4. The highest BCUT2D eigenvalue weighted by molar-refractivity contribution is 5.67. The minimum Gasteiger partial charge on any atom is -0.398 e. The third-order valence-corrected chi connectivity index (χ3v) is 4.66. The molecule has 2 unspecified atom stereocenters. The summed E-state index contributed by atoms with van der Waals surface area (Å²) in [6.45, 7) is 6.94. The second-order valence-corrected chi connectivity index (χ2v) is 6.92. The fraction of sp³-hybridized carbons (Fsp3) is 0.350. The van der Waals surface area contributed by atoms with Crippen LogP contribution in [-0.4, -0.2) is 39.6 Å². The van der Waals surface area contributed by atoms with Crippen LogP contribution in [0.5, 0.6) is 0 Å². The van der Waals surface area contributed by atoms with Crippen LogP contribution in [0.2, 0.25) is 0 Å². The number of hydrogen-bond acceptors (Lipinski definition) is 4. The van der Waals surface area contributed by atoms with E-state index in [1.165, 1.54) is 5.69 Å². The number of nitrogen functional groups attached to an aromatic ring is 1. The van der Waals surface area contributed by atoms with Crippen LogP contribution in [0, 0.1) is 0 Å². The molecule has 3 aromatic rings. The molecule has 0 radical (unpaired) electrons. The molecule has 0 amide bonds. The Morgan fingerprint density at radius 2 is 1.80 bits per heavy atom. The van der Waals surface area contributed by atoms with E-state index in [0.717, 1.165) is 42.2 Å². The Morgan fingerprint density at radius 1 is 1.08 bits per heavy atom. The van der Waals surface area contributed by atoms with Crippen LogP contribution in [0.25, 0.3) is 16.9 Å². The van der Waals surface area contributed by atoms with Crippen molar-refractivity contribution < 1.29 is 4.74 Å². The molecule has 1 saturated heterocycles. The standard InChI is InChI=1S/C20H24N4O/c1-14-10-23(11-15(2)25-14)13-18-20(16-6-4-3-5-7-16)22-19-9-8-17(21)12-24(18)19/h3-9,12,14-15H,10-11,13,21H2,1-2H3. The van der Waals surface area contributed by atoms with Gasteiger partial charge in [0.2, 0.25) is 0 Å². The van der Waals surface area contributed by atoms with Gasteiger partial charge in [-0.3, -0.25) is 4.90 Å². The van der Waals surface area contributed by atoms with Crippen molar-refractivity contribution in [2.75, 3.05) is 18.8 Å². The van der Waals surface area contributed by atoms with Gasteiger partial charge in [-0.05, 0) is 26.0 Å². The summed E-state index contributed by atoms with van der Waals surface area (Å²) in [5.41, 5.74) is 11.0. The highest BCUT2D eigenvalue weighted by atomic mass is 16.5. The molecule has 1 aliphatic heterocycles. The average Bonchev–Trinajstić information content (AvgIpc) is 2.93. The monoisotopic (exact) mass is 336 g/mol. The Kier molecular flexibility index (Phi) is 4.19. The molecule has 1 aromatic carbocycles. The lowest BCUT2D eigenvalue weighted by atomic mass is 10.1. The number of benzene rings is 1. The zero-order valence-corrected chi connectivity index (χ0v) is 14.7. The topological polar surface area (TPSA) is 55.8 Å². The largest absolute Gasteiger partial charge is 0.398 e. The van der Waals surface area contributed by atoms with Gasteiger partial charge in [0, 0.05) is 37.1 Å². The first kappa shape index (κ1) is 16.1. The van der Waals surface area contributed by atoms with Gasteiger partial charge >= 0.3 is 0 Å². The average molecular weight is 336 g/mol. The Hall–Kier alpha value is -2.37. The normalized spacial score (nSPS) is 21.7. The lowest BCUT2D eigenvalue weighted by molar-refractivity contribution is -0.0707. The SMILES string of the molecule is CC1CN(Cc2c(-c3ccccc3)nc3ccc(N)cn23)CC(C)O1. The maximum atomic E-state index is 6.04. The predicted octanol–water partition coefficient (Wildman–Crippen LogP) is 3.19. The van der Waals surface area contributed by atoms with E-state index >= 15 is 0 Å². The van der Waals surface area contributed by atoms with Gasteiger partial charge in [-0.15, -0.1) is 0 Å². The Morgan fingerprint density at radius 3 is 2.52 bits per heavy atom. The van der Waals surface area contributed by atoms with Crippen molar-refractivity contribution in [3.8, 4) is 11.3 Å². The molecule has 0 bridgehead atoms. The summed E-state index contributed by atoms with van der Waals surface area (Å²) in [7, 11) is 0. The molecule has 0 saturated carbocycles. The highest BCUT2D eigenvalue weighted by Gasteiger charge is 2.24. The fourth-order valence-electron chi connectivity index (χ4n) is 3.71. The van der Waals surface area contributed by atoms with Gasteiger partial charge < -0.3 is 14.9 Å². The second-order valence-electron chi connectivity index (χ2n) is 6.92. The van der Waals surface area contributed by atoms with Gasteiger partial charge in [0.25, 0.3) is 0 Å². The predicted molar refractivity (Wildman–Crippen MR) is 100 cm³/mol. The number of hydrogen-bond donors (Lipinski definition) is 1. The number of ether oxygens (including phenoxy) is 1. The molecule has 130 valence electrons. The number of morpholine rings is 1. The maximum Gasteiger partial charge on any atom is 0.137 e. The first-order valence-corrected chi connectivity index (χ1v) is 8.80. The van der Waals surface area contributed by atoms with Crippen molar-refractivity contribution >= 4 is 11.3 Å². The smallest absolute Gasteiger partial charge is 0.137 e. The summed E-state index contributed by atoms with van der Waals surface area (Å²) in [6.07, 6.45) is 2.46. The molecule has 2 N–H and O–H groups in total. The van der Waals surface area contributed by atoms with Crippen molar-refractivity contribution in [1.29, 1.82) is 0 Å². The molecule has 4 rings (SSSR count). The van der Waals surface area contributed by atoms with Crippen molar-refractivity contribution in [3.05, 3.63) is 54.4 Å². The number of nitrogens with two attached hydrogens (primary N) is 1. The van der Waals surface area contributed by atoms with Gasteiger partial charge in [0.1, 0.15) is 5.65 Å². The van der Waals surface area contributed by atoms with Gasteiger partial charge in [0.05, 0.1) is 23.6 Å². The highest BCUT2D eigenvalue weighted by Crippen LogP contribution is 2.27. The molecule has 3 heterocycles. The van der Waals surface area contributed by atoms with Crippen LogP contribution >= 0.6 is 0 Å². The minimum atomic E-state index is 0.244. The molecule has 0 spiro atoms. The van der Waals surface area contributed by atoms with Crippen molar-refractivity contribution in [2.24, 2.45) is 0 Å². The molecule has 2 aromatic heterocycles. The van der Waals surface area contributed by atoms with Crippen LogP contribution in [0.15, 0.2) is 48.7 Å². The molecule has 1 fully saturated rings. The second kappa shape index (κ2) is 6.50. The lowest BCUT2D eigenvalue weighted by Gasteiger charge is -2.35. The Labute approximate surface area is 148 Å². The summed E-state index contributed by atoms with van der Waals surface area (Å²) in [4.78, 5) is 7.32. The number of anilines is 1. The van der Waals surface area contributed by atoms with Gasteiger partial charge in [-0.1, -0.05) is 30.3 Å². The van der Waals surface area contributed by atoms with E-state index in [0.29, 0.717) is 0 Å². The first-order chi connectivity index (χ1) is 12.1. The summed E-state index contributed by atoms with van der Waals surface area (Å²) < 4.78 is 8.00. The molecule has 1 aliphatic rings. The molecule has 5 nitrogen and oxygen atoms in total. The van der Waals surface area contributed by atoms with E-state index in [1.54, 1.807) is 0 Å². The van der Waals surface area contributed by atoms with Crippen molar-refractivity contribution in [2.45, 2.75) is 32.6 Å². The maximum absolute atomic E-state index is 6.04. The van der Waals surface area contributed by atoms with E-state index in [-0.39, 0.29) is 12.2 Å². The molecule has 2 atom stereocenters. The van der Waals surface area contributed by atoms with Crippen LogP contribution in [-0.2, 0) is 11.3 Å². The number of rotatable bonds is 3. The van der Waals surface area contributed by atoms with Gasteiger partial charge in [-0.2, -0.15) is 0 Å². The fourth-order valence-corrected chi connectivity index (χ4v) is 3.71. The van der Waals surface area contributed by atoms with Crippen LogP contribution < -0.4 is 5.73 Å². The van der Waals surface area contributed by atoms with Crippen molar-refractivity contribution in [3.63, 3.8) is 0 Å². The van der Waals surface area contributed by atoms with Gasteiger partial charge in [-0.25, -0.2) is 4.98 Å². The molecular formula is C20H24N4O. The van der Waals surface area contributed by atoms with Crippen LogP contribution in [0.4, 0.5) is 5.69 Å². The summed E-state index contributed by atoms with van der Waals surface area (Å²) in [5, 5.41) is 0. The molecular weight excluding hydrogens is 312 g/mol. The third-order valence-electron chi connectivity index (χ3n) is 4.66. The van der Waals surface area contributed by atoms with E-state index < -0.39 is 0 Å². The Balaban J connectivity index is 1.78. The first-order valence-electron chi connectivity index (χ1n) is 8.80. The van der Waals surface area contributed by atoms with E-state index in [2.05, 4.69) is 47.4 Å². The number of imidazole rings is 1. The summed E-state index contributed by atoms with van der Waals surface area (Å²) in [5.74, 6) is 0. The molecule has 25 heavy (non-hydrogen) atoms. The van der Waals surface area contributed by atoms with E-state index in [1.807, 2.05) is 24.4 Å². The lowest BCUT2D eigenvalue weighted by Crippen LogP contribution is -2.45. The quantitative estimate of drug-likeness (QED) is 0.798. The number of pyridine rings is 1. The number of nitrogens with zero attached hydrogens (tertiary/aromatic N) is 3.